The maximum absolute atomic E-state index is 12.1. The number of anilines is 1. The van der Waals surface area contributed by atoms with Crippen LogP contribution >= 0.6 is 11.3 Å². The van der Waals surface area contributed by atoms with Gasteiger partial charge in [-0.05, 0) is 38.3 Å². The first-order chi connectivity index (χ1) is 12.6. The second-order valence-electron chi connectivity index (χ2n) is 5.97. The van der Waals surface area contributed by atoms with E-state index in [1.54, 1.807) is 36.1 Å². The van der Waals surface area contributed by atoms with Crippen LogP contribution in [0, 0.1) is 0 Å². The van der Waals surface area contributed by atoms with Gasteiger partial charge >= 0.3 is 12.1 Å². The van der Waals surface area contributed by atoms with Gasteiger partial charge in [0.2, 0.25) is 0 Å². The fraction of sp³-hybridized carbons (Fsp3) is 0.389. The molecule has 138 valence electrons. The number of rotatable bonds is 5. The van der Waals surface area contributed by atoms with Crippen molar-refractivity contribution in [2.45, 2.75) is 32.4 Å². The number of aromatic carboxylic acids is 1. The Balaban J connectivity index is 1.70. The zero-order chi connectivity index (χ0) is 18.5. The smallest absolute Gasteiger partial charge is 0.411 e. The minimum atomic E-state index is -0.950. The number of nitrogens with one attached hydrogen (secondary N) is 1. The molecule has 1 fully saturated rings. The molecule has 26 heavy (non-hydrogen) atoms. The number of aromatic nitrogens is 1. The van der Waals surface area contributed by atoms with Gasteiger partial charge in [-0.15, -0.1) is 11.3 Å². The fourth-order valence-corrected chi connectivity index (χ4v) is 3.67. The van der Waals surface area contributed by atoms with Crippen molar-refractivity contribution in [3.63, 3.8) is 0 Å². The van der Waals surface area contributed by atoms with Crippen molar-refractivity contribution in [3.8, 4) is 11.3 Å². The highest BCUT2D eigenvalue weighted by Crippen LogP contribution is 2.27. The molecule has 1 aliphatic heterocycles. The largest absolute Gasteiger partial charge is 0.478 e. The van der Waals surface area contributed by atoms with Crippen LogP contribution in [0.1, 0.15) is 36.5 Å². The van der Waals surface area contributed by atoms with Gasteiger partial charge in [0.1, 0.15) is 6.17 Å². The Labute approximate surface area is 155 Å². The molecule has 3 rings (SSSR count). The summed E-state index contributed by atoms with van der Waals surface area (Å²) in [6.45, 7) is 2.83. The number of carboxylic acid groups (broad SMARTS) is 1. The number of likely N-dealkylation sites (tertiary alicyclic amines) is 1. The van der Waals surface area contributed by atoms with Crippen molar-refractivity contribution in [2.24, 2.45) is 0 Å². The maximum atomic E-state index is 12.1. The average Bonchev–Trinajstić information content (AvgIpc) is 3.11. The van der Waals surface area contributed by atoms with Crippen LogP contribution in [0.2, 0.25) is 0 Å². The number of hydrogen-bond acceptors (Lipinski definition) is 6. The second kappa shape index (κ2) is 8.18. The molecule has 0 radical (unpaired) electrons. The molecule has 0 saturated carbocycles. The predicted molar refractivity (Wildman–Crippen MR) is 99.5 cm³/mol. The first kappa shape index (κ1) is 18.2. The molecule has 0 spiro atoms. The van der Waals surface area contributed by atoms with Crippen molar-refractivity contribution in [2.75, 3.05) is 18.5 Å². The SMILES string of the molecule is CCOC(=O)N1CCCCC1Nc1nc(-c2ccc(C(=O)O)cc2)cs1. The molecular formula is C18H21N3O4S. The van der Waals surface area contributed by atoms with Gasteiger partial charge in [-0.2, -0.15) is 0 Å². The van der Waals surface area contributed by atoms with Crippen LogP contribution < -0.4 is 5.32 Å². The van der Waals surface area contributed by atoms with Gasteiger partial charge in [-0.25, -0.2) is 14.6 Å². The van der Waals surface area contributed by atoms with Crippen LogP contribution in [-0.4, -0.2) is 46.4 Å². The molecule has 7 nitrogen and oxygen atoms in total. The molecule has 1 atom stereocenters. The first-order valence-corrected chi connectivity index (χ1v) is 9.45. The first-order valence-electron chi connectivity index (χ1n) is 8.57. The molecule has 2 heterocycles. The number of ether oxygens (including phenoxy) is 1. The lowest BCUT2D eigenvalue weighted by atomic mass is 10.1. The van der Waals surface area contributed by atoms with Gasteiger partial charge in [0, 0.05) is 17.5 Å². The Bertz CT molecular complexity index is 775. The van der Waals surface area contributed by atoms with Gasteiger partial charge in [0.25, 0.3) is 0 Å². The van der Waals surface area contributed by atoms with Gasteiger partial charge in [-0.1, -0.05) is 12.1 Å². The van der Waals surface area contributed by atoms with E-state index in [1.165, 1.54) is 11.3 Å². The van der Waals surface area contributed by atoms with Gasteiger partial charge in [0.05, 0.1) is 17.9 Å². The summed E-state index contributed by atoms with van der Waals surface area (Å²) in [5, 5.41) is 14.9. The number of nitrogens with zero attached hydrogens (tertiary/aromatic N) is 2. The van der Waals surface area contributed by atoms with Crippen molar-refractivity contribution in [1.29, 1.82) is 0 Å². The van der Waals surface area contributed by atoms with E-state index in [4.69, 9.17) is 9.84 Å². The van der Waals surface area contributed by atoms with Crippen molar-refractivity contribution in [3.05, 3.63) is 35.2 Å². The van der Waals surface area contributed by atoms with E-state index in [1.807, 2.05) is 5.38 Å². The lowest BCUT2D eigenvalue weighted by Crippen LogP contribution is -2.48. The molecule has 2 aromatic rings. The summed E-state index contributed by atoms with van der Waals surface area (Å²) in [7, 11) is 0. The number of benzene rings is 1. The third-order valence-electron chi connectivity index (χ3n) is 4.23. The zero-order valence-electron chi connectivity index (χ0n) is 14.5. The van der Waals surface area contributed by atoms with Crippen LogP contribution in [0.4, 0.5) is 9.93 Å². The summed E-state index contributed by atoms with van der Waals surface area (Å²) >= 11 is 1.46. The highest BCUT2D eigenvalue weighted by molar-refractivity contribution is 7.14. The Morgan fingerprint density at radius 2 is 2.12 bits per heavy atom. The van der Waals surface area contributed by atoms with E-state index in [0.29, 0.717) is 13.2 Å². The fourth-order valence-electron chi connectivity index (χ4n) is 2.91. The van der Waals surface area contributed by atoms with E-state index in [-0.39, 0.29) is 17.8 Å². The highest BCUT2D eigenvalue weighted by atomic mass is 32.1. The van der Waals surface area contributed by atoms with E-state index < -0.39 is 5.97 Å². The van der Waals surface area contributed by atoms with E-state index in [9.17, 15) is 9.59 Å². The molecule has 0 bridgehead atoms. The predicted octanol–water partition coefficient (Wildman–Crippen LogP) is 3.89. The summed E-state index contributed by atoms with van der Waals surface area (Å²) in [4.78, 5) is 29.3. The normalized spacial score (nSPS) is 17.0. The summed E-state index contributed by atoms with van der Waals surface area (Å²) in [5.74, 6) is -0.950. The molecule has 1 aromatic heterocycles. The number of carboxylic acids is 1. The molecule has 1 unspecified atom stereocenters. The van der Waals surface area contributed by atoms with Crippen LogP contribution in [0.25, 0.3) is 11.3 Å². The minimum Gasteiger partial charge on any atom is -0.478 e. The molecular weight excluding hydrogens is 354 g/mol. The number of hydrogen-bond donors (Lipinski definition) is 2. The summed E-state index contributed by atoms with van der Waals surface area (Å²) in [6.07, 6.45) is 2.43. The zero-order valence-corrected chi connectivity index (χ0v) is 15.3. The Morgan fingerprint density at radius 3 is 2.81 bits per heavy atom. The van der Waals surface area contributed by atoms with Crippen LogP contribution in [0.5, 0.6) is 0 Å². The van der Waals surface area contributed by atoms with E-state index in [2.05, 4.69) is 10.3 Å². The number of carbonyl (C=O) groups is 2. The summed E-state index contributed by atoms with van der Waals surface area (Å²) in [5.41, 5.74) is 1.87. The molecule has 1 amide bonds. The number of thiazole rings is 1. The van der Waals surface area contributed by atoms with Crippen LogP contribution in [0.3, 0.4) is 0 Å². The molecule has 1 aliphatic rings. The number of carbonyl (C=O) groups excluding carboxylic acids is 1. The Kier molecular flexibility index (Phi) is 5.72. The topological polar surface area (TPSA) is 91.8 Å². The Hall–Kier alpha value is -2.61. The number of piperidine rings is 1. The monoisotopic (exact) mass is 375 g/mol. The third kappa shape index (κ3) is 4.13. The second-order valence-corrected chi connectivity index (χ2v) is 6.83. The van der Waals surface area contributed by atoms with Crippen LogP contribution in [0.15, 0.2) is 29.6 Å². The van der Waals surface area contributed by atoms with Gasteiger partial charge in [-0.3, -0.25) is 4.90 Å². The van der Waals surface area contributed by atoms with E-state index >= 15 is 0 Å². The lowest BCUT2D eigenvalue weighted by Gasteiger charge is -2.35. The maximum Gasteiger partial charge on any atom is 0.411 e. The molecule has 0 aliphatic carbocycles. The average molecular weight is 375 g/mol. The standard InChI is InChI=1S/C18H21N3O4S/c1-2-25-18(24)21-10-4-3-5-15(21)20-17-19-14(11-26-17)12-6-8-13(9-7-12)16(22)23/h6-9,11,15H,2-5,10H2,1H3,(H,19,20)(H,22,23). The van der Waals surface area contributed by atoms with Gasteiger partial charge < -0.3 is 15.2 Å². The quantitative estimate of drug-likeness (QED) is 0.824. The van der Waals surface area contributed by atoms with Crippen molar-refractivity contribution < 1.29 is 19.4 Å². The van der Waals surface area contributed by atoms with Crippen LogP contribution in [-0.2, 0) is 4.74 Å². The van der Waals surface area contributed by atoms with Crippen molar-refractivity contribution in [1.82, 2.24) is 9.88 Å². The highest BCUT2D eigenvalue weighted by Gasteiger charge is 2.28. The van der Waals surface area contributed by atoms with Crippen molar-refractivity contribution >= 4 is 28.5 Å². The molecule has 1 aromatic carbocycles. The van der Waals surface area contributed by atoms with Gasteiger partial charge in [0.15, 0.2) is 5.13 Å². The molecule has 2 N–H and O–H groups in total. The summed E-state index contributed by atoms with van der Waals surface area (Å²) in [6, 6.07) is 6.61. The lowest BCUT2D eigenvalue weighted by molar-refractivity contribution is 0.0696. The molecule has 1 saturated heterocycles. The minimum absolute atomic E-state index is 0.129. The molecule has 8 heteroatoms. The summed E-state index contributed by atoms with van der Waals surface area (Å²) < 4.78 is 5.14. The number of amides is 1. The third-order valence-corrected chi connectivity index (χ3v) is 5.00. The van der Waals surface area contributed by atoms with E-state index in [0.717, 1.165) is 35.7 Å². The Morgan fingerprint density at radius 1 is 1.35 bits per heavy atom.